The summed E-state index contributed by atoms with van der Waals surface area (Å²) in [6.45, 7) is 1.33. The number of aliphatic hydroxyl groups is 1. The van der Waals surface area contributed by atoms with Gasteiger partial charge >= 0.3 is 0 Å². The molecule has 1 spiro atoms. The zero-order valence-electron chi connectivity index (χ0n) is 13.4. The van der Waals surface area contributed by atoms with E-state index in [1.54, 1.807) is 0 Å². The van der Waals surface area contributed by atoms with E-state index in [1.165, 1.54) is 11.1 Å². The molecule has 2 aromatic carbocycles. The van der Waals surface area contributed by atoms with Crippen LogP contribution in [-0.4, -0.2) is 24.1 Å². The van der Waals surface area contributed by atoms with Crippen molar-refractivity contribution in [2.24, 2.45) is 5.92 Å². The van der Waals surface area contributed by atoms with E-state index in [2.05, 4.69) is 36.4 Å². The summed E-state index contributed by atoms with van der Waals surface area (Å²) in [5.74, 6) is 0.145. The SMILES string of the molecule is O[C@@]12c3ccccc3[C@H]3CCC4(OCCO4)[C@@H]3[C@H]1c1ccccc12. The van der Waals surface area contributed by atoms with Crippen LogP contribution < -0.4 is 0 Å². The Hall–Kier alpha value is -1.68. The van der Waals surface area contributed by atoms with Gasteiger partial charge in [-0.2, -0.15) is 0 Å². The van der Waals surface area contributed by atoms with Crippen LogP contribution in [0, 0.1) is 5.92 Å². The second kappa shape index (κ2) is 4.29. The highest BCUT2D eigenvalue weighted by molar-refractivity contribution is 5.61. The molecule has 1 heterocycles. The molecular weight excluding hydrogens is 300 g/mol. The maximum Gasteiger partial charge on any atom is 0.172 e. The molecule has 4 atom stereocenters. The first-order chi connectivity index (χ1) is 11.8. The maximum absolute atomic E-state index is 11.8. The highest BCUT2D eigenvalue weighted by atomic mass is 16.7. The van der Waals surface area contributed by atoms with Crippen molar-refractivity contribution in [2.75, 3.05) is 13.2 Å². The molecule has 3 heteroatoms. The van der Waals surface area contributed by atoms with E-state index in [4.69, 9.17) is 9.47 Å². The summed E-state index contributed by atoms with van der Waals surface area (Å²) in [6, 6.07) is 16.8. The van der Waals surface area contributed by atoms with Gasteiger partial charge in [-0.25, -0.2) is 0 Å². The minimum Gasteiger partial charge on any atom is -0.380 e. The van der Waals surface area contributed by atoms with E-state index < -0.39 is 11.4 Å². The molecule has 2 fully saturated rings. The summed E-state index contributed by atoms with van der Waals surface area (Å²) in [5.41, 5.74) is 3.80. The Morgan fingerprint density at radius 2 is 1.50 bits per heavy atom. The number of benzene rings is 2. The fourth-order valence-corrected chi connectivity index (χ4v) is 6.02. The Bertz CT molecular complexity index is 838. The van der Waals surface area contributed by atoms with Crippen molar-refractivity contribution in [3.05, 3.63) is 70.8 Å². The van der Waals surface area contributed by atoms with Gasteiger partial charge in [-0.3, -0.25) is 0 Å². The lowest BCUT2D eigenvalue weighted by Gasteiger charge is -2.57. The summed E-state index contributed by atoms with van der Waals surface area (Å²) in [7, 11) is 0. The zero-order valence-corrected chi connectivity index (χ0v) is 13.4. The van der Waals surface area contributed by atoms with E-state index >= 15 is 0 Å². The Kier molecular flexibility index (Phi) is 2.43. The Balaban J connectivity index is 1.64. The van der Waals surface area contributed by atoms with E-state index in [0.717, 1.165) is 24.0 Å². The molecule has 24 heavy (non-hydrogen) atoms. The molecular formula is C21H20O3. The van der Waals surface area contributed by atoms with E-state index in [-0.39, 0.29) is 11.8 Å². The van der Waals surface area contributed by atoms with Crippen LogP contribution in [0.15, 0.2) is 48.5 Å². The maximum atomic E-state index is 11.8. The molecule has 0 radical (unpaired) electrons. The Labute approximate surface area is 141 Å². The van der Waals surface area contributed by atoms with Crippen molar-refractivity contribution in [3.63, 3.8) is 0 Å². The molecule has 1 saturated carbocycles. The van der Waals surface area contributed by atoms with Gasteiger partial charge in [0.05, 0.1) is 13.2 Å². The van der Waals surface area contributed by atoms with Crippen LogP contribution in [0.1, 0.15) is 46.9 Å². The van der Waals surface area contributed by atoms with Crippen molar-refractivity contribution < 1.29 is 14.6 Å². The van der Waals surface area contributed by atoms with Gasteiger partial charge in [0.1, 0.15) is 5.60 Å². The van der Waals surface area contributed by atoms with Gasteiger partial charge in [-0.15, -0.1) is 0 Å². The fraction of sp³-hybridized carbons (Fsp3) is 0.429. The minimum absolute atomic E-state index is 0.0641. The third-order valence-electron chi connectivity index (χ3n) is 6.81. The van der Waals surface area contributed by atoms with E-state index in [0.29, 0.717) is 19.1 Å². The lowest BCUT2D eigenvalue weighted by Crippen LogP contribution is -2.57. The molecule has 3 nitrogen and oxygen atoms in total. The summed E-state index contributed by atoms with van der Waals surface area (Å²) in [6.07, 6.45) is 1.99. The summed E-state index contributed by atoms with van der Waals surface area (Å²) >= 11 is 0. The van der Waals surface area contributed by atoms with Gasteiger partial charge in [0.2, 0.25) is 0 Å². The van der Waals surface area contributed by atoms with Crippen molar-refractivity contribution in [1.82, 2.24) is 0 Å². The molecule has 6 rings (SSSR count). The van der Waals surface area contributed by atoms with Crippen molar-refractivity contribution in [2.45, 2.75) is 36.1 Å². The average Bonchev–Trinajstić information content (AvgIpc) is 3.23. The molecule has 1 saturated heterocycles. The van der Waals surface area contributed by atoms with Gasteiger partial charge in [0.25, 0.3) is 0 Å². The number of hydrogen-bond acceptors (Lipinski definition) is 3. The number of ether oxygens (including phenoxy) is 2. The standard InChI is InChI=1S/C21H20O3/c22-21-16-7-3-1-5-13(16)14-9-10-20(23-11-12-24-20)18(14)19(21)15-6-2-4-8-17(15)21/h1-8,14,18-19,22H,9-12H2/t14-,18+,19-,21-/m1/s1. The van der Waals surface area contributed by atoms with Gasteiger partial charge in [-0.1, -0.05) is 48.5 Å². The second-order valence-corrected chi connectivity index (χ2v) is 7.60. The van der Waals surface area contributed by atoms with Crippen LogP contribution in [0.3, 0.4) is 0 Å². The van der Waals surface area contributed by atoms with E-state index in [9.17, 15) is 5.11 Å². The van der Waals surface area contributed by atoms with Gasteiger partial charge in [0, 0.05) is 18.3 Å². The molecule has 1 aliphatic heterocycles. The molecule has 3 aliphatic carbocycles. The van der Waals surface area contributed by atoms with Gasteiger partial charge in [-0.05, 0) is 34.6 Å². The summed E-state index contributed by atoms with van der Waals surface area (Å²) in [4.78, 5) is 0. The quantitative estimate of drug-likeness (QED) is 0.810. The lowest BCUT2D eigenvalue weighted by molar-refractivity contribution is -0.207. The molecule has 1 N–H and O–H groups in total. The van der Waals surface area contributed by atoms with Crippen LogP contribution >= 0.6 is 0 Å². The number of rotatable bonds is 0. The number of fused-ring (bicyclic) bond motifs is 10. The van der Waals surface area contributed by atoms with Crippen LogP contribution in [0.5, 0.6) is 0 Å². The van der Waals surface area contributed by atoms with Gasteiger partial charge < -0.3 is 14.6 Å². The molecule has 0 bridgehead atoms. The largest absolute Gasteiger partial charge is 0.380 e. The van der Waals surface area contributed by atoms with Crippen molar-refractivity contribution in [1.29, 1.82) is 0 Å². The lowest BCUT2D eigenvalue weighted by atomic mass is 9.50. The third kappa shape index (κ3) is 1.34. The topological polar surface area (TPSA) is 38.7 Å². The Morgan fingerprint density at radius 1 is 0.875 bits per heavy atom. The molecule has 122 valence electrons. The van der Waals surface area contributed by atoms with Crippen LogP contribution in [0.2, 0.25) is 0 Å². The predicted octanol–water partition coefficient (Wildman–Crippen LogP) is 3.27. The average molecular weight is 320 g/mol. The number of hydrogen-bond donors (Lipinski definition) is 1. The van der Waals surface area contributed by atoms with Gasteiger partial charge in [0.15, 0.2) is 5.79 Å². The minimum atomic E-state index is -0.902. The monoisotopic (exact) mass is 320 g/mol. The first-order valence-corrected chi connectivity index (χ1v) is 8.95. The molecule has 0 amide bonds. The highest BCUT2D eigenvalue weighted by Gasteiger charge is 2.68. The molecule has 2 aromatic rings. The second-order valence-electron chi connectivity index (χ2n) is 7.60. The van der Waals surface area contributed by atoms with Crippen molar-refractivity contribution >= 4 is 0 Å². The Morgan fingerprint density at radius 3 is 2.25 bits per heavy atom. The van der Waals surface area contributed by atoms with Crippen LogP contribution in [-0.2, 0) is 15.1 Å². The molecule has 4 aliphatic rings. The highest BCUT2D eigenvalue weighted by Crippen LogP contribution is 2.70. The summed E-state index contributed by atoms with van der Waals surface area (Å²) in [5, 5.41) is 11.8. The van der Waals surface area contributed by atoms with Crippen LogP contribution in [0.4, 0.5) is 0 Å². The zero-order chi connectivity index (χ0) is 15.9. The first kappa shape index (κ1) is 13.6. The van der Waals surface area contributed by atoms with E-state index in [1.807, 2.05) is 12.1 Å². The predicted molar refractivity (Wildman–Crippen MR) is 88.7 cm³/mol. The molecule has 0 aromatic heterocycles. The first-order valence-electron chi connectivity index (χ1n) is 8.95. The normalized spacial score (nSPS) is 37.3. The van der Waals surface area contributed by atoms with Crippen molar-refractivity contribution in [3.8, 4) is 0 Å². The van der Waals surface area contributed by atoms with Crippen LogP contribution in [0.25, 0.3) is 0 Å². The fourth-order valence-electron chi connectivity index (χ4n) is 6.02. The smallest absolute Gasteiger partial charge is 0.172 e. The third-order valence-corrected chi connectivity index (χ3v) is 6.81. The molecule has 0 unspecified atom stereocenters. The summed E-state index contributed by atoms with van der Waals surface area (Å²) < 4.78 is 12.3.